The van der Waals surface area contributed by atoms with Gasteiger partial charge in [0.2, 0.25) is 0 Å². The van der Waals surface area contributed by atoms with Crippen molar-refractivity contribution in [3.63, 3.8) is 0 Å². The minimum Gasteiger partial charge on any atom is -0.334 e. The largest absolute Gasteiger partial charge is 0.334 e. The van der Waals surface area contributed by atoms with E-state index in [0.29, 0.717) is 23.7 Å². The Kier molecular flexibility index (Phi) is 5.72. The van der Waals surface area contributed by atoms with Crippen LogP contribution in [0.25, 0.3) is 11.5 Å². The summed E-state index contributed by atoms with van der Waals surface area (Å²) in [5.74, 6) is 0.498. The second-order valence-electron chi connectivity index (χ2n) is 4.03. The Labute approximate surface area is 121 Å². The van der Waals surface area contributed by atoms with E-state index in [0.717, 1.165) is 0 Å². The van der Waals surface area contributed by atoms with Crippen molar-refractivity contribution in [1.82, 2.24) is 15.5 Å². The Balaban J connectivity index is 0.00000180. The molecule has 0 aliphatic carbocycles. The maximum absolute atomic E-state index is 12.9. The van der Waals surface area contributed by atoms with E-state index < -0.39 is 5.82 Å². The first-order valence-corrected chi connectivity index (χ1v) is 5.93. The molecule has 0 bridgehead atoms. The van der Waals surface area contributed by atoms with Crippen molar-refractivity contribution >= 4 is 24.0 Å². The SMILES string of the molecule is CNC(C)Cc1noc(-c2ccc(F)cc2Cl)n1.Cl. The molecule has 104 valence electrons. The van der Waals surface area contributed by atoms with E-state index in [1.807, 2.05) is 14.0 Å². The fourth-order valence-electron chi connectivity index (χ4n) is 1.49. The molecule has 4 nitrogen and oxygen atoms in total. The third-order valence-corrected chi connectivity index (χ3v) is 2.92. The summed E-state index contributed by atoms with van der Waals surface area (Å²) < 4.78 is 18.0. The van der Waals surface area contributed by atoms with Crippen LogP contribution in [-0.2, 0) is 6.42 Å². The predicted molar refractivity (Wildman–Crippen MR) is 74.2 cm³/mol. The summed E-state index contributed by atoms with van der Waals surface area (Å²) in [5, 5.41) is 7.21. The van der Waals surface area contributed by atoms with Gasteiger partial charge in [0.1, 0.15) is 5.82 Å². The summed E-state index contributed by atoms with van der Waals surface area (Å²) in [4.78, 5) is 4.23. The number of likely N-dealkylation sites (N-methyl/N-ethyl adjacent to an activating group) is 1. The molecule has 2 aromatic rings. The van der Waals surface area contributed by atoms with E-state index in [4.69, 9.17) is 16.1 Å². The third kappa shape index (κ3) is 3.89. The first-order valence-electron chi connectivity index (χ1n) is 5.55. The Morgan fingerprint density at radius 2 is 2.21 bits per heavy atom. The lowest BCUT2D eigenvalue weighted by atomic mass is 10.2. The average Bonchev–Trinajstić information content (AvgIpc) is 2.77. The highest BCUT2D eigenvalue weighted by molar-refractivity contribution is 6.33. The van der Waals surface area contributed by atoms with Crippen molar-refractivity contribution < 1.29 is 8.91 Å². The Morgan fingerprint density at radius 3 is 2.84 bits per heavy atom. The minimum absolute atomic E-state index is 0. The maximum Gasteiger partial charge on any atom is 0.259 e. The molecule has 1 aromatic heterocycles. The van der Waals surface area contributed by atoms with Gasteiger partial charge >= 0.3 is 0 Å². The molecule has 0 amide bonds. The van der Waals surface area contributed by atoms with Gasteiger partial charge in [-0.05, 0) is 32.2 Å². The van der Waals surface area contributed by atoms with Gasteiger partial charge in [0.15, 0.2) is 5.82 Å². The van der Waals surface area contributed by atoms with Crippen LogP contribution in [0.1, 0.15) is 12.7 Å². The van der Waals surface area contributed by atoms with Crippen molar-refractivity contribution in [1.29, 1.82) is 0 Å². The smallest absolute Gasteiger partial charge is 0.259 e. The Bertz CT molecular complexity index is 548. The van der Waals surface area contributed by atoms with Gasteiger partial charge in [0, 0.05) is 12.5 Å². The molecule has 0 aliphatic heterocycles. The van der Waals surface area contributed by atoms with E-state index in [-0.39, 0.29) is 23.5 Å². The van der Waals surface area contributed by atoms with Gasteiger partial charge in [-0.15, -0.1) is 12.4 Å². The molecular formula is C12H14Cl2FN3O. The zero-order valence-corrected chi connectivity index (χ0v) is 12.1. The van der Waals surface area contributed by atoms with Crippen molar-refractivity contribution in [2.45, 2.75) is 19.4 Å². The van der Waals surface area contributed by atoms with E-state index in [1.165, 1.54) is 18.2 Å². The van der Waals surface area contributed by atoms with Crippen molar-refractivity contribution in [2.24, 2.45) is 0 Å². The summed E-state index contributed by atoms with van der Waals surface area (Å²) in [7, 11) is 1.86. The summed E-state index contributed by atoms with van der Waals surface area (Å²) in [6, 6.07) is 4.30. The first-order chi connectivity index (χ1) is 8.60. The predicted octanol–water partition coefficient (Wildman–Crippen LogP) is 3.10. The normalized spacial score (nSPS) is 12.0. The van der Waals surface area contributed by atoms with Crippen LogP contribution in [0.3, 0.4) is 0 Å². The van der Waals surface area contributed by atoms with Crippen LogP contribution in [0.4, 0.5) is 4.39 Å². The molecule has 0 aliphatic rings. The number of nitrogens with zero attached hydrogens (tertiary/aromatic N) is 2. The van der Waals surface area contributed by atoms with Gasteiger partial charge in [0.25, 0.3) is 5.89 Å². The van der Waals surface area contributed by atoms with Crippen molar-refractivity contribution in [3.05, 3.63) is 34.9 Å². The molecule has 19 heavy (non-hydrogen) atoms. The molecule has 2 rings (SSSR count). The fourth-order valence-corrected chi connectivity index (χ4v) is 1.73. The molecule has 0 radical (unpaired) electrons. The fraction of sp³-hybridized carbons (Fsp3) is 0.333. The lowest BCUT2D eigenvalue weighted by Gasteiger charge is -2.04. The van der Waals surface area contributed by atoms with Gasteiger partial charge < -0.3 is 9.84 Å². The van der Waals surface area contributed by atoms with E-state index in [9.17, 15) is 4.39 Å². The Morgan fingerprint density at radius 1 is 1.47 bits per heavy atom. The molecule has 1 aromatic carbocycles. The molecule has 1 N–H and O–H groups in total. The molecule has 1 heterocycles. The van der Waals surface area contributed by atoms with Crippen LogP contribution in [0.15, 0.2) is 22.7 Å². The summed E-state index contributed by atoms with van der Waals surface area (Å²) >= 11 is 5.93. The Hall–Kier alpha value is -1.17. The summed E-state index contributed by atoms with van der Waals surface area (Å²) in [6.07, 6.45) is 0.652. The van der Waals surface area contributed by atoms with Gasteiger partial charge in [-0.2, -0.15) is 4.98 Å². The van der Waals surface area contributed by atoms with E-state index in [1.54, 1.807) is 0 Å². The second kappa shape index (κ2) is 6.84. The van der Waals surface area contributed by atoms with E-state index in [2.05, 4.69) is 15.5 Å². The minimum atomic E-state index is -0.396. The first kappa shape index (κ1) is 15.9. The number of rotatable bonds is 4. The van der Waals surface area contributed by atoms with Crippen molar-refractivity contribution in [3.8, 4) is 11.5 Å². The molecule has 1 atom stereocenters. The van der Waals surface area contributed by atoms with E-state index >= 15 is 0 Å². The number of benzene rings is 1. The number of hydrogen-bond donors (Lipinski definition) is 1. The molecule has 0 saturated heterocycles. The van der Waals surface area contributed by atoms with Crippen LogP contribution in [0.5, 0.6) is 0 Å². The number of nitrogens with one attached hydrogen (secondary N) is 1. The van der Waals surface area contributed by atoms with Crippen LogP contribution < -0.4 is 5.32 Å². The van der Waals surface area contributed by atoms with Gasteiger partial charge in [-0.3, -0.25) is 0 Å². The number of aromatic nitrogens is 2. The lowest BCUT2D eigenvalue weighted by Crippen LogP contribution is -2.24. The third-order valence-electron chi connectivity index (χ3n) is 2.61. The molecule has 0 spiro atoms. The molecular weight excluding hydrogens is 292 g/mol. The summed E-state index contributed by atoms with van der Waals surface area (Å²) in [6.45, 7) is 2.01. The molecule has 0 saturated carbocycles. The highest BCUT2D eigenvalue weighted by Gasteiger charge is 2.14. The maximum atomic E-state index is 12.9. The zero-order valence-electron chi connectivity index (χ0n) is 10.5. The van der Waals surface area contributed by atoms with Crippen LogP contribution in [0, 0.1) is 5.82 Å². The standard InChI is InChI=1S/C12H13ClFN3O.ClH/c1-7(15-2)5-11-16-12(18-17-11)9-4-3-8(14)6-10(9)13;/h3-4,6-7,15H,5H2,1-2H3;1H. The second-order valence-corrected chi connectivity index (χ2v) is 4.44. The van der Waals surface area contributed by atoms with Gasteiger partial charge in [0.05, 0.1) is 10.6 Å². The molecule has 0 fully saturated rings. The van der Waals surface area contributed by atoms with Gasteiger partial charge in [-0.1, -0.05) is 16.8 Å². The van der Waals surface area contributed by atoms with Crippen molar-refractivity contribution in [2.75, 3.05) is 7.05 Å². The summed E-state index contributed by atoms with van der Waals surface area (Å²) in [5.41, 5.74) is 0.536. The quantitative estimate of drug-likeness (QED) is 0.943. The highest BCUT2D eigenvalue weighted by Crippen LogP contribution is 2.27. The topological polar surface area (TPSA) is 51.0 Å². The molecule has 1 unspecified atom stereocenters. The number of halogens is 3. The van der Waals surface area contributed by atoms with Crippen LogP contribution in [-0.4, -0.2) is 23.2 Å². The zero-order chi connectivity index (χ0) is 13.1. The molecule has 7 heteroatoms. The lowest BCUT2D eigenvalue weighted by molar-refractivity contribution is 0.418. The highest BCUT2D eigenvalue weighted by atomic mass is 35.5. The number of hydrogen-bond acceptors (Lipinski definition) is 4. The monoisotopic (exact) mass is 305 g/mol. The van der Waals surface area contributed by atoms with Crippen LogP contribution in [0.2, 0.25) is 5.02 Å². The van der Waals surface area contributed by atoms with Gasteiger partial charge in [-0.25, -0.2) is 4.39 Å². The average molecular weight is 306 g/mol. The van der Waals surface area contributed by atoms with Crippen LogP contribution >= 0.6 is 24.0 Å².